The second kappa shape index (κ2) is 9.51. The Hall–Kier alpha value is -2.16. The molecular weight excluding hydrogens is 320 g/mol. The van der Waals surface area contributed by atoms with E-state index < -0.39 is 0 Å². The topological polar surface area (TPSA) is 18.5 Å². The minimum atomic E-state index is 0.238. The molecular formula is C24H28O2. The van der Waals surface area contributed by atoms with E-state index in [0.29, 0.717) is 0 Å². The highest BCUT2D eigenvalue weighted by molar-refractivity contribution is 5.21. The van der Waals surface area contributed by atoms with Gasteiger partial charge in [0.15, 0.2) is 0 Å². The SMILES string of the molecule is C=C1CCOC(c2ccccc2)C1.CC1=CCOC(c2ccccc2)C1. The van der Waals surface area contributed by atoms with Crippen molar-refractivity contribution >= 4 is 0 Å². The fourth-order valence-corrected chi connectivity index (χ4v) is 3.27. The van der Waals surface area contributed by atoms with Gasteiger partial charge < -0.3 is 9.47 Å². The summed E-state index contributed by atoms with van der Waals surface area (Å²) in [5.41, 5.74) is 5.29. The van der Waals surface area contributed by atoms with Crippen LogP contribution in [0.1, 0.15) is 49.5 Å². The van der Waals surface area contributed by atoms with Crippen molar-refractivity contribution in [1.29, 1.82) is 0 Å². The van der Waals surface area contributed by atoms with Crippen molar-refractivity contribution in [3.05, 3.63) is 95.6 Å². The highest BCUT2D eigenvalue weighted by atomic mass is 16.5. The Morgan fingerprint density at radius 1 is 0.808 bits per heavy atom. The first-order valence-corrected chi connectivity index (χ1v) is 9.38. The Bertz CT molecular complexity index is 681. The number of benzene rings is 2. The summed E-state index contributed by atoms with van der Waals surface area (Å²) in [5.74, 6) is 0. The fourth-order valence-electron chi connectivity index (χ4n) is 3.27. The average molecular weight is 348 g/mol. The summed E-state index contributed by atoms with van der Waals surface area (Å²) in [4.78, 5) is 0. The van der Waals surface area contributed by atoms with Crippen molar-refractivity contribution in [3.8, 4) is 0 Å². The Labute approximate surface area is 157 Å². The molecule has 0 saturated carbocycles. The molecule has 0 N–H and O–H groups in total. The lowest BCUT2D eigenvalue weighted by molar-refractivity contribution is 0.0352. The van der Waals surface area contributed by atoms with Crippen LogP contribution in [-0.4, -0.2) is 13.2 Å². The van der Waals surface area contributed by atoms with Gasteiger partial charge in [-0.15, -0.1) is 0 Å². The number of ether oxygens (including phenoxy) is 2. The molecule has 0 amide bonds. The zero-order chi connectivity index (χ0) is 18.2. The summed E-state index contributed by atoms with van der Waals surface area (Å²) in [6, 6.07) is 20.8. The molecule has 0 aliphatic carbocycles. The maximum absolute atomic E-state index is 5.67. The van der Waals surface area contributed by atoms with Crippen LogP contribution in [0.5, 0.6) is 0 Å². The molecule has 0 aromatic heterocycles. The molecule has 2 atom stereocenters. The Kier molecular flexibility index (Phi) is 6.82. The molecule has 2 nitrogen and oxygen atoms in total. The van der Waals surface area contributed by atoms with E-state index in [4.69, 9.17) is 9.47 Å². The molecule has 26 heavy (non-hydrogen) atoms. The van der Waals surface area contributed by atoms with Gasteiger partial charge in [0.1, 0.15) is 0 Å². The molecule has 2 aromatic rings. The molecule has 2 heteroatoms. The lowest BCUT2D eigenvalue weighted by Crippen LogP contribution is -2.12. The quantitative estimate of drug-likeness (QED) is 0.603. The lowest BCUT2D eigenvalue weighted by atomic mass is 9.98. The van der Waals surface area contributed by atoms with Crippen LogP contribution in [-0.2, 0) is 9.47 Å². The second-order valence-corrected chi connectivity index (χ2v) is 6.96. The first-order chi connectivity index (χ1) is 12.7. The standard InChI is InChI=1S/2C12H14O/c2*1-10-7-8-13-12(9-10)11-5-3-2-4-6-11/h2-7,12H,8-9H2,1H3;2-6,12H,1,7-9H2. The van der Waals surface area contributed by atoms with Gasteiger partial charge in [-0.1, -0.05) is 84.5 Å². The van der Waals surface area contributed by atoms with Gasteiger partial charge in [0.25, 0.3) is 0 Å². The minimum absolute atomic E-state index is 0.238. The summed E-state index contributed by atoms with van der Waals surface area (Å²) in [6.07, 6.45) is 5.69. The molecule has 4 rings (SSSR count). The van der Waals surface area contributed by atoms with Crippen LogP contribution in [0.4, 0.5) is 0 Å². The molecule has 136 valence electrons. The predicted molar refractivity (Wildman–Crippen MR) is 107 cm³/mol. The predicted octanol–water partition coefficient (Wildman–Crippen LogP) is 6.19. The molecule has 2 aliphatic heterocycles. The van der Waals surface area contributed by atoms with Gasteiger partial charge in [-0.3, -0.25) is 0 Å². The third kappa shape index (κ3) is 5.42. The van der Waals surface area contributed by atoms with E-state index in [0.717, 1.165) is 32.5 Å². The highest BCUT2D eigenvalue weighted by Crippen LogP contribution is 2.30. The van der Waals surface area contributed by atoms with E-state index in [-0.39, 0.29) is 12.2 Å². The van der Waals surface area contributed by atoms with Crippen molar-refractivity contribution in [2.75, 3.05) is 13.2 Å². The van der Waals surface area contributed by atoms with E-state index in [2.05, 4.69) is 68.1 Å². The van der Waals surface area contributed by atoms with Gasteiger partial charge >= 0.3 is 0 Å². The van der Waals surface area contributed by atoms with Gasteiger partial charge in [-0.05, 0) is 37.3 Å². The molecule has 2 heterocycles. The van der Waals surface area contributed by atoms with E-state index in [1.807, 2.05) is 12.1 Å². The van der Waals surface area contributed by atoms with Crippen LogP contribution in [0.25, 0.3) is 0 Å². The largest absolute Gasteiger partial charge is 0.373 e. The van der Waals surface area contributed by atoms with Crippen LogP contribution in [0, 0.1) is 0 Å². The molecule has 2 unspecified atom stereocenters. The normalized spacial score (nSPS) is 22.8. The van der Waals surface area contributed by atoms with Crippen molar-refractivity contribution in [3.63, 3.8) is 0 Å². The zero-order valence-electron chi connectivity index (χ0n) is 15.6. The Morgan fingerprint density at radius 3 is 1.92 bits per heavy atom. The molecule has 2 aliphatic rings. The average Bonchev–Trinajstić information content (AvgIpc) is 2.70. The maximum atomic E-state index is 5.67. The van der Waals surface area contributed by atoms with Gasteiger partial charge in [-0.25, -0.2) is 0 Å². The monoisotopic (exact) mass is 348 g/mol. The third-order valence-electron chi connectivity index (χ3n) is 4.83. The number of rotatable bonds is 2. The van der Waals surface area contributed by atoms with E-state index >= 15 is 0 Å². The van der Waals surface area contributed by atoms with E-state index in [1.165, 1.54) is 22.3 Å². The first-order valence-electron chi connectivity index (χ1n) is 9.38. The summed E-state index contributed by atoms with van der Waals surface area (Å²) >= 11 is 0. The summed E-state index contributed by atoms with van der Waals surface area (Å²) in [7, 11) is 0. The van der Waals surface area contributed by atoms with Gasteiger partial charge in [0.2, 0.25) is 0 Å². The molecule has 1 fully saturated rings. The summed E-state index contributed by atoms with van der Waals surface area (Å²) < 4.78 is 11.3. The lowest BCUT2D eigenvalue weighted by Gasteiger charge is -2.24. The van der Waals surface area contributed by atoms with Crippen molar-refractivity contribution in [2.45, 2.75) is 38.4 Å². The Balaban J connectivity index is 0.000000151. The molecule has 1 saturated heterocycles. The number of hydrogen-bond acceptors (Lipinski definition) is 2. The molecule has 0 bridgehead atoms. The van der Waals surface area contributed by atoms with E-state index in [1.54, 1.807) is 0 Å². The highest BCUT2D eigenvalue weighted by Gasteiger charge is 2.17. The van der Waals surface area contributed by atoms with Crippen LogP contribution >= 0.6 is 0 Å². The van der Waals surface area contributed by atoms with Crippen molar-refractivity contribution in [2.24, 2.45) is 0 Å². The maximum Gasteiger partial charge on any atom is 0.0866 e. The van der Waals surface area contributed by atoms with Crippen molar-refractivity contribution < 1.29 is 9.47 Å². The first kappa shape index (κ1) is 18.6. The summed E-state index contributed by atoms with van der Waals surface area (Å²) in [5, 5.41) is 0. The van der Waals surface area contributed by atoms with Crippen LogP contribution in [0.2, 0.25) is 0 Å². The van der Waals surface area contributed by atoms with Crippen LogP contribution < -0.4 is 0 Å². The Morgan fingerprint density at radius 2 is 1.38 bits per heavy atom. The zero-order valence-corrected chi connectivity index (χ0v) is 15.6. The summed E-state index contributed by atoms with van der Waals surface area (Å²) in [6.45, 7) is 7.75. The molecule has 0 radical (unpaired) electrons. The van der Waals surface area contributed by atoms with Crippen LogP contribution in [0.3, 0.4) is 0 Å². The van der Waals surface area contributed by atoms with Gasteiger partial charge in [0, 0.05) is 0 Å². The fraction of sp³-hybridized carbons (Fsp3) is 0.333. The van der Waals surface area contributed by atoms with Gasteiger partial charge in [0.05, 0.1) is 25.4 Å². The van der Waals surface area contributed by atoms with Crippen LogP contribution in [0.15, 0.2) is 84.5 Å². The number of hydrogen-bond donors (Lipinski definition) is 0. The third-order valence-corrected chi connectivity index (χ3v) is 4.83. The smallest absolute Gasteiger partial charge is 0.0866 e. The molecule has 0 spiro atoms. The minimum Gasteiger partial charge on any atom is -0.373 e. The van der Waals surface area contributed by atoms with E-state index in [9.17, 15) is 0 Å². The van der Waals surface area contributed by atoms with Crippen molar-refractivity contribution in [1.82, 2.24) is 0 Å². The molecule has 2 aromatic carbocycles. The van der Waals surface area contributed by atoms with Gasteiger partial charge in [-0.2, -0.15) is 0 Å². The second-order valence-electron chi connectivity index (χ2n) is 6.96.